The van der Waals surface area contributed by atoms with E-state index in [-0.39, 0.29) is 12.3 Å². The second-order valence-electron chi connectivity index (χ2n) is 5.26. The normalized spacial score (nSPS) is 19.1. The third-order valence-corrected chi connectivity index (χ3v) is 3.62. The van der Waals surface area contributed by atoms with Crippen LogP contribution in [0.5, 0.6) is 0 Å². The molecule has 5 N–H and O–H groups in total. The summed E-state index contributed by atoms with van der Waals surface area (Å²) in [5.41, 5.74) is 0. The number of aliphatic hydroxyl groups excluding tert-OH is 5. The third kappa shape index (κ3) is 6.28. The van der Waals surface area contributed by atoms with Crippen LogP contribution in [0, 0.1) is 5.92 Å². The first kappa shape index (κ1) is 19.5. The molecule has 0 aliphatic rings. The van der Waals surface area contributed by atoms with Crippen molar-refractivity contribution in [2.45, 2.75) is 70.4 Å². The van der Waals surface area contributed by atoms with Crippen LogP contribution in [0.1, 0.15) is 46.0 Å². The molecule has 1 unspecified atom stereocenters. The van der Waals surface area contributed by atoms with Crippen LogP contribution in [0.2, 0.25) is 0 Å². The monoisotopic (exact) mass is 292 g/mol. The summed E-state index contributed by atoms with van der Waals surface area (Å²) in [6.07, 6.45) is -3.05. The number of rotatable bonds is 11. The number of hydrogen-bond acceptors (Lipinski definition) is 6. The lowest BCUT2D eigenvalue weighted by molar-refractivity contribution is -0.147. The van der Waals surface area contributed by atoms with E-state index in [0.29, 0.717) is 0 Å². The van der Waals surface area contributed by atoms with E-state index in [4.69, 9.17) is 5.11 Å². The average Bonchev–Trinajstić information content (AvgIpc) is 2.47. The molecular formula is C14H28O6. The number of carbonyl (C=O) groups is 1. The maximum absolute atomic E-state index is 11.9. The molecular weight excluding hydrogens is 264 g/mol. The third-order valence-electron chi connectivity index (χ3n) is 3.62. The van der Waals surface area contributed by atoms with Crippen molar-refractivity contribution in [3.8, 4) is 0 Å². The first-order chi connectivity index (χ1) is 9.38. The van der Waals surface area contributed by atoms with E-state index in [1.54, 1.807) is 0 Å². The lowest BCUT2D eigenvalue weighted by atomic mass is 9.90. The molecule has 0 radical (unpaired) electrons. The van der Waals surface area contributed by atoms with Crippen molar-refractivity contribution in [3.05, 3.63) is 0 Å². The van der Waals surface area contributed by atoms with Gasteiger partial charge in [-0.2, -0.15) is 0 Å². The Hall–Kier alpha value is -0.530. The Morgan fingerprint density at radius 2 is 1.65 bits per heavy atom. The summed E-state index contributed by atoms with van der Waals surface area (Å²) in [4.78, 5) is 11.9. The molecule has 0 spiro atoms. The maximum Gasteiger partial charge on any atom is 0.164 e. The molecule has 0 saturated heterocycles. The summed E-state index contributed by atoms with van der Waals surface area (Å²) in [5, 5.41) is 46.7. The minimum absolute atomic E-state index is 0.136. The molecule has 0 fully saturated rings. The molecule has 0 aromatic carbocycles. The summed E-state index contributed by atoms with van der Waals surface area (Å²) in [7, 11) is 0. The molecule has 0 aromatic rings. The van der Waals surface area contributed by atoms with Crippen molar-refractivity contribution in [2.24, 2.45) is 5.92 Å². The molecule has 0 aromatic heterocycles. The minimum atomic E-state index is -1.80. The van der Waals surface area contributed by atoms with Gasteiger partial charge < -0.3 is 25.5 Å². The van der Waals surface area contributed by atoms with E-state index >= 15 is 0 Å². The lowest BCUT2D eigenvalue weighted by Gasteiger charge is -2.25. The quantitative estimate of drug-likeness (QED) is 0.353. The summed E-state index contributed by atoms with van der Waals surface area (Å²) in [6, 6.07) is 0. The smallest absolute Gasteiger partial charge is 0.164 e. The lowest BCUT2D eigenvalue weighted by Crippen LogP contribution is -2.48. The number of carbonyl (C=O) groups excluding carboxylic acids is 1. The summed E-state index contributed by atoms with van der Waals surface area (Å²) >= 11 is 0. The minimum Gasteiger partial charge on any atom is -0.394 e. The second kappa shape index (κ2) is 10.2. The van der Waals surface area contributed by atoms with E-state index in [0.717, 1.165) is 25.7 Å². The van der Waals surface area contributed by atoms with Crippen LogP contribution >= 0.6 is 0 Å². The molecule has 20 heavy (non-hydrogen) atoms. The molecule has 0 heterocycles. The molecule has 6 nitrogen and oxygen atoms in total. The Morgan fingerprint density at radius 1 is 1.05 bits per heavy atom. The number of unbranched alkanes of at least 4 members (excludes halogenated alkanes) is 1. The first-order valence-corrected chi connectivity index (χ1v) is 7.24. The van der Waals surface area contributed by atoms with E-state index < -0.39 is 36.8 Å². The fourth-order valence-corrected chi connectivity index (χ4v) is 2.06. The topological polar surface area (TPSA) is 118 Å². The van der Waals surface area contributed by atoms with Crippen molar-refractivity contribution in [3.63, 3.8) is 0 Å². The van der Waals surface area contributed by atoms with Crippen LogP contribution in [-0.2, 0) is 4.79 Å². The largest absolute Gasteiger partial charge is 0.394 e. The van der Waals surface area contributed by atoms with Gasteiger partial charge in [0.25, 0.3) is 0 Å². The van der Waals surface area contributed by atoms with Gasteiger partial charge in [-0.1, -0.05) is 39.5 Å². The molecule has 5 atom stereocenters. The number of ketones is 1. The molecule has 0 bridgehead atoms. The Bertz CT molecular complexity index is 270. The fourth-order valence-electron chi connectivity index (χ4n) is 2.06. The highest BCUT2D eigenvalue weighted by molar-refractivity contribution is 5.83. The number of Topliss-reactive ketones (excluding diaryl/α,β-unsaturated/α-hetero) is 1. The van der Waals surface area contributed by atoms with E-state index in [9.17, 15) is 25.2 Å². The van der Waals surface area contributed by atoms with Gasteiger partial charge in [0.05, 0.1) is 6.61 Å². The van der Waals surface area contributed by atoms with Crippen molar-refractivity contribution < 1.29 is 30.3 Å². The highest BCUT2D eigenvalue weighted by atomic mass is 16.4. The standard InChI is InChI=1S/C14H28O6/c1-3-5-6-9(4-2)7-10(16)12(18)14(20)13(19)11(17)8-15/h9,11-15,17-20H,3-8H2,1-2H3/t9?,11-,12+,13-,14-/m1/s1. The first-order valence-electron chi connectivity index (χ1n) is 7.24. The van der Waals surface area contributed by atoms with Crippen LogP contribution in [0.15, 0.2) is 0 Å². The Labute approximate surface area is 120 Å². The van der Waals surface area contributed by atoms with Crippen LogP contribution < -0.4 is 0 Å². The zero-order chi connectivity index (χ0) is 15.7. The van der Waals surface area contributed by atoms with Gasteiger partial charge >= 0.3 is 0 Å². The van der Waals surface area contributed by atoms with Gasteiger partial charge in [0.1, 0.15) is 24.4 Å². The summed E-state index contributed by atoms with van der Waals surface area (Å²) < 4.78 is 0. The summed E-state index contributed by atoms with van der Waals surface area (Å²) in [6.45, 7) is 3.26. The van der Waals surface area contributed by atoms with Crippen LogP contribution in [0.3, 0.4) is 0 Å². The van der Waals surface area contributed by atoms with E-state index in [2.05, 4.69) is 6.92 Å². The van der Waals surface area contributed by atoms with E-state index in [1.807, 2.05) is 6.92 Å². The number of aliphatic hydroxyl groups is 5. The van der Waals surface area contributed by atoms with Crippen LogP contribution in [0.25, 0.3) is 0 Å². The van der Waals surface area contributed by atoms with Gasteiger partial charge in [-0.05, 0) is 5.92 Å². The van der Waals surface area contributed by atoms with Crippen molar-refractivity contribution in [1.82, 2.24) is 0 Å². The molecule has 6 heteroatoms. The van der Waals surface area contributed by atoms with Gasteiger partial charge in [0, 0.05) is 6.42 Å². The summed E-state index contributed by atoms with van der Waals surface area (Å²) in [5.74, 6) is -0.408. The van der Waals surface area contributed by atoms with Crippen molar-refractivity contribution in [2.75, 3.05) is 6.61 Å². The van der Waals surface area contributed by atoms with Crippen LogP contribution in [-0.4, -0.2) is 62.3 Å². The molecule has 0 rings (SSSR count). The maximum atomic E-state index is 11.9. The number of hydrogen-bond donors (Lipinski definition) is 5. The van der Waals surface area contributed by atoms with Gasteiger partial charge in [-0.15, -0.1) is 0 Å². The van der Waals surface area contributed by atoms with Gasteiger partial charge in [-0.25, -0.2) is 0 Å². The predicted molar refractivity (Wildman–Crippen MR) is 74.0 cm³/mol. The Kier molecular flexibility index (Phi) is 9.96. The highest BCUT2D eigenvalue weighted by Gasteiger charge is 2.34. The zero-order valence-electron chi connectivity index (χ0n) is 12.3. The molecule has 0 aliphatic carbocycles. The van der Waals surface area contributed by atoms with Crippen molar-refractivity contribution in [1.29, 1.82) is 0 Å². The predicted octanol–water partition coefficient (Wildman–Crippen LogP) is -0.402. The molecule has 0 amide bonds. The Morgan fingerprint density at radius 3 is 2.10 bits per heavy atom. The molecule has 0 saturated carbocycles. The van der Waals surface area contributed by atoms with Crippen LogP contribution in [0.4, 0.5) is 0 Å². The van der Waals surface area contributed by atoms with Gasteiger partial charge in [0.2, 0.25) is 0 Å². The SMILES string of the molecule is CCCCC(CC)CC(=O)[C@H](O)[C@@H](O)[C@H](O)[C@H](O)CO. The molecule has 120 valence electrons. The van der Waals surface area contributed by atoms with Crippen molar-refractivity contribution >= 4 is 5.78 Å². The zero-order valence-corrected chi connectivity index (χ0v) is 12.3. The molecule has 0 aliphatic heterocycles. The fraction of sp³-hybridized carbons (Fsp3) is 0.929. The van der Waals surface area contributed by atoms with Gasteiger partial charge in [-0.3, -0.25) is 4.79 Å². The second-order valence-corrected chi connectivity index (χ2v) is 5.26. The average molecular weight is 292 g/mol. The Balaban J connectivity index is 4.44. The van der Waals surface area contributed by atoms with Gasteiger partial charge in [0.15, 0.2) is 5.78 Å². The van der Waals surface area contributed by atoms with E-state index in [1.165, 1.54) is 0 Å². The highest BCUT2D eigenvalue weighted by Crippen LogP contribution is 2.19.